The lowest BCUT2D eigenvalue weighted by atomic mass is 9.84. The van der Waals surface area contributed by atoms with Crippen LogP contribution in [0.4, 0.5) is 18.9 Å². The molecule has 1 fully saturated rings. The van der Waals surface area contributed by atoms with Crippen molar-refractivity contribution in [1.82, 2.24) is 0 Å². The summed E-state index contributed by atoms with van der Waals surface area (Å²) in [5, 5.41) is 11.9. The summed E-state index contributed by atoms with van der Waals surface area (Å²) in [6, 6.07) is 4.72. The minimum absolute atomic E-state index is 0.0434. The van der Waals surface area contributed by atoms with Gasteiger partial charge in [-0.3, -0.25) is 4.79 Å². The van der Waals surface area contributed by atoms with E-state index >= 15 is 0 Å². The molecule has 1 aliphatic rings. The van der Waals surface area contributed by atoms with Gasteiger partial charge in [-0.05, 0) is 25.0 Å². The summed E-state index contributed by atoms with van der Waals surface area (Å²) < 4.78 is 38.7. The summed E-state index contributed by atoms with van der Waals surface area (Å²) in [6.07, 6.45) is -1.74. The standard InChI is InChI=1S/C14H16F3NO2/c15-14(16,17)10-6-2-4-8-12(10)18-11-7-3-1-5-9(11)13(19)20/h2,4,6,8-9,11,18H,1,3,5,7H2,(H,19,20). The normalized spacial score (nSPS) is 23.4. The van der Waals surface area contributed by atoms with Crippen molar-refractivity contribution in [2.75, 3.05) is 5.32 Å². The fourth-order valence-electron chi connectivity index (χ4n) is 2.66. The van der Waals surface area contributed by atoms with Gasteiger partial charge in [0.25, 0.3) is 0 Å². The molecule has 6 heteroatoms. The molecule has 2 N–H and O–H groups in total. The fraction of sp³-hybridized carbons (Fsp3) is 0.500. The zero-order valence-corrected chi connectivity index (χ0v) is 10.8. The Kier molecular flexibility index (Phi) is 4.20. The summed E-state index contributed by atoms with van der Waals surface area (Å²) in [5.74, 6) is -1.59. The Labute approximate surface area is 114 Å². The van der Waals surface area contributed by atoms with Crippen LogP contribution < -0.4 is 5.32 Å². The number of rotatable bonds is 3. The van der Waals surface area contributed by atoms with E-state index in [4.69, 9.17) is 5.11 Å². The SMILES string of the molecule is O=C(O)C1CCCCC1Nc1ccccc1C(F)(F)F. The van der Waals surface area contributed by atoms with Gasteiger partial charge in [0.2, 0.25) is 0 Å². The maximum absolute atomic E-state index is 12.9. The predicted molar refractivity (Wildman–Crippen MR) is 68.4 cm³/mol. The molecule has 0 aromatic heterocycles. The number of benzene rings is 1. The van der Waals surface area contributed by atoms with Crippen LogP contribution in [0.15, 0.2) is 24.3 Å². The first kappa shape index (κ1) is 14.7. The number of halogens is 3. The lowest BCUT2D eigenvalue weighted by Crippen LogP contribution is -2.37. The molecule has 1 aliphatic carbocycles. The van der Waals surface area contributed by atoms with Gasteiger partial charge in [0.1, 0.15) is 0 Å². The van der Waals surface area contributed by atoms with Gasteiger partial charge in [0.05, 0.1) is 11.5 Å². The molecule has 1 aromatic rings. The maximum Gasteiger partial charge on any atom is 0.418 e. The molecule has 2 rings (SSSR count). The van der Waals surface area contributed by atoms with Crippen LogP contribution in [0.1, 0.15) is 31.2 Å². The molecule has 2 atom stereocenters. The first-order valence-electron chi connectivity index (χ1n) is 6.55. The number of hydrogen-bond donors (Lipinski definition) is 2. The summed E-state index contributed by atoms with van der Waals surface area (Å²) >= 11 is 0. The number of aliphatic carboxylic acids is 1. The topological polar surface area (TPSA) is 49.3 Å². The molecule has 0 saturated heterocycles. The number of carboxylic acid groups (broad SMARTS) is 1. The van der Waals surface area contributed by atoms with Crippen LogP contribution in [0.3, 0.4) is 0 Å². The monoisotopic (exact) mass is 287 g/mol. The van der Waals surface area contributed by atoms with E-state index in [2.05, 4.69) is 5.32 Å². The van der Waals surface area contributed by atoms with E-state index in [1.165, 1.54) is 18.2 Å². The molecule has 0 amide bonds. The Morgan fingerprint density at radius 1 is 1.20 bits per heavy atom. The highest BCUT2D eigenvalue weighted by Gasteiger charge is 2.36. The van der Waals surface area contributed by atoms with Crippen molar-refractivity contribution in [3.8, 4) is 0 Å². The van der Waals surface area contributed by atoms with Crippen LogP contribution in [0.25, 0.3) is 0 Å². The molecule has 0 radical (unpaired) electrons. The number of hydrogen-bond acceptors (Lipinski definition) is 2. The Hall–Kier alpha value is -1.72. The van der Waals surface area contributed by atoms with E-state index in [-0.39, 0.29) is 5.69 Å². The van der Waals surface area contributed by atoms with E-state index in [1.54, 1.807) is 0 Å². The van der Waals surface area contributed by atoms with Gasteiger partial charge >= 0.3 is 12.1 Å². The van der Waals surface area contributed by atoms with Crippen LogP contribution >= 0.6 is 0 Å². The minimum Gasteiger partial charge on any atom is -0.481 e. The predicted octanol–water partition coefficient (Wildman–Crippen LogP) is 3.76. The largest absolute Gasteiger partial charge is 0.481 e. The van der Waals surface area contributed by atoms with Gasteiger partial charge < -0.3 is 10.4 Å². The van der Waals surface area contributed by atoms with Crippen molar-refractivity contribution in [3.63, 3.8) is 0 Å². The Morgan fingerprint density at radius 3 is 2.50 bits per heavy atom. The third kappa shape index (κ3) is 3.23. The quantitative estimate of drug-likeness (QED) is 0.890. The lowest BCUT2D eigenvalue weighted by molar-refractivity contribution is -0.143. The van der Waals surface area contributed by atoms with Crippen LogP contribution in [0.5, 0.6) is 0 Å². The first-order valence-corrected chi connectivity index (χ1v) is 6.55. The molecule has 20 heavy (non-hydrogen) atoms. The Balaban J connectivity index is 2.23. The second-order valence-electron chi connectivity index (χ2n) is 5.02. The van der Waals surface area contributed by atoms with Crippen LogP contribution in [-0.4, -0.2) is 17.1 Å². The van der Waals surface area contributed by atoms with Crippen molar-refractivity contribution in [1.29, 1.82) is 0 Å². The molecule has 0 bridgehead atoms. The van der Waals surface area contributed by atoms with Crippen molar-refractivity contribution < 1.29 is 23.1 Å². The van der Waals surface area contributed by atoms with E-state index in [0.29, 0.717) is 12.8 Å². The molecule has 1 aromatic carbocycles. The molecule has 3 nitrogen and oxygen atoms in total. The van der Waals surface area contributed by atoms with E-state index in [9.17, 15) is 18.0 Å². The molecule has 2 unspecified atom stereocenters. The average molecular weight is 287 g/mol. The molecule has 0 heterocycles. The third-order valence-corrected chi connectivity index (χ3v) is 3.66. The van der Waals surface area contributed by atoms with Crippen molar-refractivity contribution >= 4 is 11.7 Å². The van der Waals surface area contributed by atoms with Gasteiger partial charge in [-0.2, -0.15) is 13.2 Å². The van der Waals surface area contributed by atoms with Crippen LogP contribution in [0.2, 0.25) is 0 Å². The molecule has 0 spiro atoms. The van der Waals surface area contributed by atoms with Gasteiger partial charge in [0.15, 0.2) is 0 Å². The number of carbonyl (C=O) groups is 1. The summed E-state index contributed by atoms with van der Waals surface area (Å²) in [6.45, 7) is 0. The van der Waals surface area contributed by atoms with Crippen molar-refractivity contribution in [2.24, 2.45) is 5.92 Å². The number of nitrogens with one attached hydrogen (secondary N) is 1. The van der Waals surface area contributed by atoms with Gasteiger partial charge in [-0.1, -0.05) is 25.0 Å². The van der Waals surface area contributed by atoms with Crippen LogP contribution in [-0.2, 0) is 11.0 Å². The van der Waals surface area contributed by atoms with Gasteiger partial charge in [0, 0.05) is 11.7 Å². The number of carboxylic acids is 1. The lowest BCUT2D eigenvalue weighted by Gasteiger charge is -2.31. The average Bonchev–Trinajstić information content (AvgIpc) is 2.38. The molecule has 110 valence electrons. The second kappa shape index (κ2) is 5.73. The molecular formula is C14H16F3NO2. The van der Waals surface area contributed by atoms with E-state index < -0.39 is 29.7 Å². The zero-order chi connectivity index (χ0) is 14.8. The third-order valence-electron chi connectivity index (χ3n) is 3.66. The highest BCUT2D eigenvalue weighted by atomic mass is 19.4. The fourth-order valence-corrected chi connectivity index (χ4v) is 2.66. The second-order valence-corrected chi connectivity index (χ2v) is 5.02. The van der Waals surface area contributed by atoms with E-state index in [1.807, 2.05) is 0 Å². The molecule has 1 saturated carbocycles. The van der Waals surface area contributed by atoms with Crippen molar-refractivity contribution in [2.45, 2.75) is 37.9 Å². The molecule has 0 aliphatic heterocycles. The highest BCUT2D eigenvalue weighted by molar-refractivity contribution is 5.72. The van der Waals surface area contributed by atoms with Crippen molar-refractivity contribution in [3.05, 3.63) is 29.8 Å². The summed E-state index contributed by atoms with van der Waals surface area (Å²) in [5.41, 5.74) is -0.798. The van der Waals surface area contributed by atoms with Crippen LogP contribution in [0, 0.1) is 5.92 Å². The zero-order valence-electron chi connectivity index (χ0n) is 10.8. The summed E-state index contributed by atoms with van der Waals surface area (Å²) in [4.78, 5) is 11.2. The number of anilines is 1. The van der Waals surface area contributed by atoms with Gasteiger partial charge in [-0.15, -0.1) is 0 Å². The summed E-state index contributed by atoms with van der Waals surface area (Å²) in [7, 11) is 0. The van der Waals surface area contributed by atoms with E-state index in [0.717, 1.165) is 18.9 Å². The Bertz CT molecular complexity index is 488. The number of alkyl halides is 3. The molecular weight excluding hydrogens is 271 g/mol. The van der Waals surface area contributed by atoms with Gasteiger partial charge in [-0.25, -0.2) is 0 Å². The maximum atomic E-state index is 12.9. The highest BCUT2D eigenvalue weighted by Crippen LogP contribution is 2.36. The Morgan fingerprint density at radius 2 is 1.85 bits per heavy atom. The number of para-hydroxylation sites is 1. The smallest absolute Gasteiger partial charge is 0.418 e. The minimum atomic E-state index is -4.45. The first-order chi connectivity index (χ1) is 9.39.